The number of nitrogens with one attached hydrogen (secondary N) is 1. The Hall–Kier alpha value is -4.37. The van der Waals surface area contributed by atoms with E-state index < -0.39 is 35.0 Å². The van der Waals surface area contributed by atoms with Crippen molar-refractivity contribution in [2.45, 2.75) is 12.7 Å². The van der Waals surface area contributed by atoms with Crippen LogP contribution in [0.25, 0.3) is 6.08 Å². The lowest BCUT2D eigenvalue weighted by molar-refractivity contribution is -0.138. The van der Waals surface area contributed by atoms with Gasteiger partial charge in [0.15, 0.2) is 16.7 Å². The second-order valence-corrected chi connectivity index (χ2v) is 8.83. The van der Waals surface area contributed by atoms with Gasteiger partial charge in [0.25, 0.3) is 5.91 Å². The molecular weight excluding hydrogens is 529 g/mol. The third-order valence-corrected chi connectivity index (χ3v) is 6.05. The number of nitriles is 1. The second kappa shape index (κ2) is 10.9. The number of hydrogen-bond donors (Lipinski definition) is 1. The molecule has 0 radical (unpaired) electrons. The molecule has 0 aromatic heterocycles. The summed E-state index contributed by atoms with van der Waals surface area (Å²) in [4.78, 5) is 16.8. The van der Waals surface area contributed by atoms with Crippen LogP contribution in [0, 0.1) is 23.0 Å². The number of benzene rings is 3. The first-order valence-electron chi connectivity index (χ1n) is 10.7. The maximum absolute atomic E-state index is 13.5. The van der Waals surface area contributed by atoms with Crippen LogP contribution in [0.5, 0.6) is 17.2 Å². The number of alkyl halides is 3. The van der Waals surface area contributed by atoms with Crippen molar-refractivity contribution >= 4 is 28.9 Å². The molecule has 12 heteroatoms. The fourth-order valence-corrected chi connectivity index (χ4v) is 4.22. The highest BCUT2D eigenvalue weighted by atomic mass is 32.2. The Kier molecular flexibility index (Phi) is 7.68. The van der Waals surface area contributed by atoms with E-state index in [1.54, 1.807) is 6.07 Å². The molecule has 1 saturated heterocycles. The number of methoxy groups -OCH3 is 1. The first kappa shape index (κ1) is 26.7. The van der Waals surface area contributed by atoms with E-state index >= 15 is 0 Å². The zero-order valence-corrected chi connectivity index (χ0v) is 20.2. The number of amides is 1. The molecule has 1 N–H and O–H groups in total. The van der Waals surface area contributed by atoms with Crippen LogP contribution in [0.4, 0.5) is 22.0 Å². The number of amidine groups is 1. The summed E-state index contributed by atoms with van der Waals surface area (Å²) in [5, 5.41) is 11.7. The molecule has 1 heterocycles. The molecule has 4 rings (SSSR count). The molecular formula is C26H16F5N3O3S. The summed E-state index contributed by atoms with van der Waals surface area (Å²) in [6.07, 6.45) is -3.24. The minimum absolute atomic E-state index is 0.0158. The van der Waals surface area contributed by atoms with E-state index in [0.29, 0.717) is 17.2 Å². The minimum atomic E-state index is -4.76. The number of carbonyl (C=O) groups is 1. The Bertz CT molecular complexity index is 1490. The standard InChI is InChI=1S/C26H16F5N3O3S/c1-36-22-9-14(2-5-21(22)37-20-4-3-15(12-32)8-19(20)26(29,30)31)10-23-24(35)34-25(38-23)33-13-16-6-17(27)11-18(28)7-16/h2-11H,13H2,1H3,(H,33,34,35). The molecule has 0 bridgehead atoms. The maximum atomic E-state index is 13.5. The number of halogens is 5. The Morgan fingerprint density at radius 1 is 1.03 bits per heavy atom. The van der Waals surface area contributed by atoms with Crippen molar-refractivity contribution in [3.05, 3.63) is 93.4 Å². The van der Waals surface area contributed by atoms with Gasteiger partial charge in [-0.3, -0.25) is 9.79 Å². The van der Waals surface area contributed by atoms with Crippen molar-refractivity contribution in [2.24, 2.45) is 4.99 Å². The van der Waals surface area contributed by atoms with Crippen molar-refractivity contribution in [1.82, 2.24) is 5.32 Å². The summed E-state index contributed by atoms with van der Waals surface area (Å²) in [5.74, 6) is -2.35. The zero-order valence-electron chi connectivity index (χ0n) is 19.4. The fourth-order valence-electron chi connectivity index (χ4n) is 3.41. The van der Waals surface area contributed by atoms with Crippen molar-refractivity contribution in [2.75, 3.05) is 7.11 Å². The van der Waals surface area contributed by atoms with Gasteiger partial charge in [0.2, 0.25) is 0 Å². The van der Waals surface area contributed by atoms with Crippen molar-refractivity contribution in [1.29, 1.82) is 5.26 Å². The van der Waals surface area contributed by atoms with Crippen LogP contribution in [0.2, 0.25) is 0 Å². The highest BCUT2D eigenvalue weighted by Crippen LogP contribution is 2.41. The molecule has 0 unspecified atom stereocenters. The lowest BCUT2D eigenvalue weighted by atomic mass is 10.1. The Morgan fingerprint density at radius 2 is 1.74 bits per heavy atom. The maximum Gasteiger partial charge on any atom is 0.420 e. The normalized spacial score (nSPS) is 15.4. The first-order valence-corrected chi connectivity index (χ1v) is 11.5. The fraction of sp³-hybridized carbons (Fsp3) is 0.115. The predicted molar refractivity (Wildman–Crippen MR) is 130 cm³/mol. The van der Waals surface area contributed by atoms with Gasteiger partial charge in [-0.1, -0.05) is 6.07 Å². The lowest BCUT2D eigenvalue weighted by Crippen LogP contribution is -2.19. The number of rotatable bonds is 6. The van der Waals surface area contributed by atoms with Crippen LogP contribution < -0.4 is 14.8 Å². The number of hydrogen-bond acceptors (Lipinski definition) is 6. The predicted octanol–water partition coefficient (Wildman–Crippen LogP) is 6.42. The van der Waals surface area contributed by atoms with Crippen LogP contribution in [-0.4, -0.2) is 18.2 Å². The third kappa shape index (κ3) is 6.30. The van der Waals surface area contributed by atoms with Gasteiger partial charge in [-0.25, -0.2) is 8.78 Å². The average Bonchev–Trinajstić information content (AvgIpc) is 3.21. The molecule has 3 aromatic carbocycles. The van der Waals surface area contributed by atoms with Gasteiger partial charge in [0, 0.05) is 6.07 Å². The largest absolute Gasteiger partial charge is 0.493 e. The molecule has 194 valence electrons. The van der Waals surface area contributed by atoms with Gasteiger partial charge < -0.3 is 14.8 Å². The number of aliphatic imine (C=N–C) groups is 1. The molecule has 0 spiro atoms. The smallest absolute Gasteiger partial charge is 0.420 e. The van der Waals surface area contributed by atoms with Crippen LogP contribution in [0.1, 0.15) is 22.3 Å². The number of nitrogens with zero attached hydrogens (tertiary/aromatic N) is 2. The van der Waals surface area contributed by atoms with Crippen molar-refractivity contribution < 1.29 is 36.2 Å². The summed E-state index contributed by atoms with van der Waals surface area (Å²) >= 11 is 1.01. The van der Waals surface area contributed by atoms with Gasteiger partial charge in [-0.05, 0) is 71.4 Å². The first-order chi connectivity index (χ1) is 18.0. The molecule has 0 atom stereocenters. The summed E-state index contributed by atoms with van der Waals surface area (Å²) < 4.78 is 77.9. The molecule has 38 heavy (non-hydrogen) atoms. The lowest BCUT2D eigenvalue weighted by Gasteiger charge is -2.16. The molecule has 0 saturated carbocycles. The van der Waals surface area contributed by atoms with Crippen LogP contribution >= 0.6 is 11.8 Å². The average molecular weight is 545 g/mol. The highest BCUT2D eigenvalue weighted by Gasteiger charge is 2.35. The summed E-state index contributed by atoms with van der Waals surface area (Å²) in [7, 11) is 1.31. The Morgan fingerprint density at radius 3 is 2.39 bits per heavy atom. The quantitative estimate of drug-likeness (QED) is 0.286. The van der Waals surface area contributed by atoms with Crippen LogP contribution in [0.3, 0.4) is 0 Å². The molecule has 3 aromatic rings. The highest BCUT2D eigenvalue weighted by molar-refractivity contribution is 8.18. The van der Waals surface area contributed by atoms with E-state index in [9.17, 15) is 26.7 Å². The van der Waals surface area contributed by atoms with Crippen LogP contribution in [0.15, 0.2) is 64.5 Å². The molecule has 1 aliphatic heterocycles. The van der Waals surface area contributed by atoms with Gasteiger partial charge in [0.05, 0.1) is 35.8 Å². The number of ether oxygens (including phenoxy) is 2. The molecule has 1 fully saturated rings. The summed E-state index contributed by atoms with van der Waals surface area (Å²) in [5.41, 5.74) is -0.511. The Balaban J connectivity index is 1.54. The van der Waals surface area contributed by atoms with Gasteiger partial charge in [0.1, 0.15) is 17.4 Å². The monoisotopic (exact) mass is 545 g/mol. The Labute approximate surface area is 217 Å². The van der Waals surface area contributed by atoms with E-state index in [2.05, 4.69) is 10.3 Å². The van der Waals surface area contributed by atoms with E-state index in [4.69, 9.17) is 14.7 Å². The van der Waals surface area contributed by atoms with E-state index in [-0.39, 0.29) is 33.7 Å². The number of thioether (sulfide) groups is 1. The van der Waals surface area contributed by atoms with E-state index in [1.807, 2.05) is 0 Å². The number of carbonyl (C=O) groups excluding carboxylic acids is 1. The third-order valence-electron chi connectivity index (χ3n) is 5.10. The molecule has 1 amide bonds. The SMILES string of the molecule is COc1cc(C=C2SC(=NCc3cc(F)cc(F)c3)NC2=O)ccc1Oc1ccc(C#N)cc1C(F)(F)F. The summed E-state index contributed by atoms with van der Waals surface area (Å²) in [6.45, 7) is -0.0559. The zero-order chi connectivity index (χ0) is 27.4. The minimum Gasteiger partial charge on any atom is -0.493 e. The summed E-state index contributed by atoms with van der Waals surface area (Å²) in [6, 6.07) is 12.0. The second-order valence-electron chi connectivity index (χ2n) is 7.80. The topological polar surface area (TPSA) is 83.7 Å². The van der Waals surface area contributed by atoms with Crippen molar-refractivity contribution in [3.63, 3.8) is 0 Å². The van der Waals surface area contributed by atoms with E-state index in [1.165, 1.54) is 37.5 Å². The van der Waals surface area contributed by atoms with Crippen molar-refractivity contribution in [3.8, 4) is 23.3 Å². The van der Waals surface area contributed by atoms with Gasteiger partial charge >= 0.3 is 6.18 Å². The van der Waals surface area contributed by atoms with Gasteiger partial charge in [-0.15, -0.1) is 0 Å². The molecule has 6 nitrogen and oxygen atoms in total. The van der Waals surface area contributed by atoms with E-state index in [0.717, 1.165) is 36.0 Å². The molecule has 0 aliphatic carbocycles. The van der Waals surface area contributed by atoms with Gasteiger partial charge in [-0.2, -0.15) is 18.4 Å². The molecule has 1 aliphatic rings. The van der Waals surface area contributed by atoms with Crippen LogP contribution in [-0.2, 0) is 17.5 Å².